The van der Waals surface area contributed by atoms with Gasteiger partial charge in [0.05, 0.1) is 19.3 Å². The van der Waals surface area contributed by atoms with Gasteiger partial charge in [-0.15, -0.1) is 0 Å². The van der Waals surface area contributed by atoms with Gasteiger partial charge < -0.3 is 14.2 Å². The second-order valence-corrected chi connectivity index (χ2v) is 3.40. The van der Waals surface area contributed by atoms with Crippen LogP contribution in [0.4, 0.5) is 0 Å². The molecule has 0 aromatic heterocycles. The van der Waals surface area contributed by atoms with E-state index >= 15 is 0 Å². The fraction of sp³-hybridized carbons (Fsp3) is 0.800. The number of hydrogen-bond donors (Lipinski definition) is 0. The summed E-state index contributed by atoms with van der Waals surface area (Å²) in [6.45, 7) is 0.462. The SMILES string of the molecule is COCCOC(=O)CC(=O)CC(CN=[N+]=[N-])OC. The van der Waals surface area contributed by atoms with Crippen molar-refractivity contribution in [3.8, 4) is 0 Å². The summed E-state index contributed by atoms with van der Waals surface area (Å²) in [6.07, 6.45) is -0.825. The number of ketones is 1. The van der Waals surface area contributed by atoms with E-state index in [0.717, 1.165) is 0 Å². The summed E-state index contributed by atoms with van der Waals surface area (Å²) >= 11 is 0. The third kappa shape index (κ3) is 8.51. The zero-order chi connectivity index (χ0) is 13.8. The third-order valence-electron chi connectivity index (χ3n) is 2.03. The Kier molecular flexibility index (Phi) is 9.57. The van der Waals surface area contributed by atoms with Crippen LogP contribution in [0.5, 0.6) is 0 Å². The molecule has 0 bridgehead atoms. The number of carbonyl (C=O) groups excluding carboxylic acids is 2. The minimum Gasteiger partial charge on any atom is -0.463 e. The van der Waals surface area contributed by atoms with Crippen molar-refractivity contribution in [3.63, 3.8) is 0 Å². The number of rotatable bonds is 10. The Balaban J connectivity index is 3.92. The standard InChI is InChI=1S/C10H17N3O5/c1-16-3-4-18-10(15)6-8(14)5-9(17-2)7-12-13-11/h9H,3-7H2,1-2H3. The van der Waals surface area contributed by atoms with Crippen LogP contribution in [0.1, 0.15) is 12.8 Å². The van der Waals surface area contributed by atoms with E-state index in [-0.39, 0.29) is 38.4 Å². The van der Waals surface area contributed by atoms with E-state index in [0.29, 0.717) is 0 Å². The second-order valence-electron chi connectivity index (χ2n) is 3.40. The molecule has 0 spiro atoms. The highest BCUT2D eigenvalue weighted by Gasteiger charge is 2.16. The Morgan fingerprint density at radius 1 is 1.33 bits per heavy atom. The van der Waals surface area contributed by atoms with Crippen molar-refractivity contribution in [1.29, 1.82) is 0 Å². The van der Waals surface area contributed by atoms with Gasteiger partial charge in [0, 0.05) is 25.6 Å². The predicted octanol–water partition coefficient (Wildman–Crippen LogP) is 0.851. The van der Waals surface area contributed by atoms with Gasteiger partial charge in [0.2, 0.25) is 0 Å². The Labute approximate surface area is 105 Å². The van der Waals surface area contributed by atoms with Gasteiger partial charge >= 0.3 is 5.97 Å². The van der Waals surface area contributed by atoms with Crippen molar-refractivity contribution in [2.24, 2.45) is 5.11 Å². The van der Waals surface area contributed by atoms with Crippen LogP contribution < -0.4 is 0 Å². The van der Waals surface area contributed by atoms with Gasteiger partial charge in [0.1, 0.15) is 18.8 Å². The van der Waals surface area contributed by atoms with Crippen molar-refractivity contribution in [1.82, 2.24) is 0 Å². The molecule has 0 rings (SSSR count). The first-order valence-corrected chi connectivity index (χ1v) is 5.34. The first-order valence-electron chi connectivity index (χ1n) is 5.34. The lowest BCUT2D eigenvalue weighted by Crippen LogP contribution is -2.22. The fourth-order valence-electron chi connectivity index (χ4n) is 1.13. The van der Waals surface area contributed by atoms with Crippen LogP contribution in [0.2, 0.25) is 0 Å². The van der Waals surface area contributed by atoms with Gasteiger partial charge in [0.25, 0.3) is 0 Å². The summed E-state index contributed by atoms with van der Waals surface area (Å²) in [5.74, 6) is -0.923. The molecule has 0 fully saturated rings. The Morgan fingerprint density at radius 2 is 2.06 bits per heavy atom. The maximum atomic E-state index is 11.5. The average Bonchev–Trinajstić information content (AvgIpc) is 2.34. The monoisotopic (exact) mass is 259 g/mol. The number of carbonyl (C=O) groups is 2. The molecule has 0 amide bonds. The van der Waals surface area contributed by atoms with E-state index in [1.54, 1.807) is 0 Å². The summed E-state index contributed by atoms with van der Waals surface area (Å²) < 4.78 is 14.4. The minimum atomic E-state index is -0.601. The first kappa shape index (κ1) is 16.4. The van der Waals surface area contributed by atoms with Crippen LogP contribution >= 0.6 is 0 Å². The molecule has 0 aromatic rings. The molecule has 0 N–H and O–H groups in total. The van der Waals surface area contributed by atoms with E-state index < -0.39 is 12.1 Å². The molecule has 0 radical (unpaired) electrons. The average molecular weight is 259 g/mol. The van der Waals surface area contributed by atoms with E-state index in [9.17, 15) is 9.59 Å². The molecule has 0 saturated heterocycles. The van der Waals surface area contributed by atoms with Crippen molar-refractivity contribution in [3.05, 3.63) is 10.4 Å². The Morgan fingerprint density at radius 3 is 2.61 bits per heavy atom. The zero-order valence-electron chi connectivity index (χ0n) is 10.5. The molecule has 8 nitrogen and oxygen atoms in total. The number of hydrogen-bond acceptors (Lipinski definition) is 6. The summed E-state index contributed by atoms with van der Waals surface area (Å²) in [4.78, 5) is 25.2. The number of ether oxygens (including phenoxy) is 3. The lowest BCUT2D eigenvalue weighted by molar-refractivity contribution is -0.147. The van der Waals surface area contributed by atoms with Crippen LogP contribution in [-0.2, 0) is 23.8 Å². The highest BCUT2D eigenvalue weighted by atomic mass is 16.6. The number of azide groups is 1. The van der Waals surface area contributed by atoms with E-state index in [2.05, 4.69) is 10.0 Å². The summed E-state index contributed by atoms with van der Waals surface area (Å²) in [7, 11) is 2.89. The molecule has 0 aliphatic rings. The number of methoxy groups -OCH3 is 2. The topological polar surface area (TPSA) is 111 Å². The van der Waals surface area contributed by atoms with Crippen molar-refractivity contribution < 1.29 is 23.8 Å². The lowest BCUT2D eigenvalue weighted by atomic mass is 10.1. The van der Waals surface area contributed by atoms with Crippen LogP contribution in [0, 0.1) is 0 Å². The summed E-state index contributed by atoms with van der Waals surface area (Å²) in [6, 6.07) is 0. The van der Waals surface area contributed by atoms with Crippen LogP contribution in [0.25, 0.3) is 10.4 Å². The van der Waals surface area contributed by atoms with Crippen LogP contribution in [0.15, 0.2) is 5.11 Å². The fourth-order valence-corrected chi connectivity index (χ4v) is 1.13. The highest BCUT2D eigenvalue weighted by molar-refractivity contribution is 5.95. The second kappa shape index (κ2) is 10.5. The molecule has 1 atom stereocenters. The molecular formula is C10H17N3O5. The molecule has 0 aliphatic carbocycles. The van der Waals surface area contributed by atoms with E-state index in [1.165, 1.54) is 14.2 Å². The molecular weight excluding hydrogens is 242 g/mol. The maximum absolute atomic E-state index is 11.5. The molecule has 18 heavy (non-hydrogen) atoms. The molecule has 0 heterocycles. The van der Waals surface area contributed by atoms with E-state index in [4.69, 9.17) is 19.7 Å². The van der Waals surface area contributed by atoms with Gasteiger partial charge in [-0.25, -0.2) is 0 Å². The summed E-state index contributed by atoms with van der Waals surface area (Å²) in [5, 5.41) is 3.31. The van der Waals surface area contributed by atoms with Crippen molar-refractivity contribution in [2.75, 3.05) is 34.0 Å². The normalized spacial score (nSPS) is 11.4. The quantitative estimate of drug-likeness (QED) is 0.144. The lowest BCUT2D eigenvalue weighted by Gasteiger charge is -2.11. The van der Waals surface area contributed by atoms with Gasteiger partial charge in [-0.2, -0.15) is 0 Å². The third-order valence-corrected chi connectivity index (χ3v) is 2.03. The predicted molar refractivity (Wildman–Crippen MR) is 61.9 cm³/mol. The number of Topliss-reactive ketones (excluding diaryl/α,β-unsaturated/α-hetero) is 1. The van der Waals surface area contributed by atoms with Gasteiger partial charge in [-0.3, -0.25) is 9.59 Å². The zero-order valence-corrected chi connectivity index (χ0v) is 10.5. The largest absolute Gasteiger partial charge is 0.463 e. The van der Waals surface area contributed by atoms with Gasteiger partial charge in [-0.05, 0) is 5.53 Å². The van der Waals surface area contributed by atoms with Crippen LogP contribution in [-0.4, -0.2) is 51.8 Å². The molecule has 1 unspecified atom stereocenters. The van der Waals surface area contributed by atoms with Gasteiger partial charge in [-0.1, -0.05) is 5.11 Å². The number of esters is 1. The van der Waals surface area contributed by atoms with Crippen LogP contribution in [0.3, 0.4) is 0 Å². The molecule has 102 valence electrons. The maximum Gasteiger partial charge on any atom is 0.313 e. The van der Waals surface area contributed by atoms with Crippen molar-refractivity contribution >= 4 is 11.8 Å². The minimum absolute atomic E-state index is 0.00883. The smallest absolute Gasteiger partial charge is 0.313 e. The molecule has 0 aliphatic heterocycles. The number of nitrogens with zero attached hydrogens (tertiary/aromatic N) is 3. The first-order chi connectivity index (χ1) is 8.63. The molecule has 0 saturated carbocycles. The van der Waals surface area contributed by atoms with Gasteiger partial charge in [0.15, 0.2) is 0 Å². The molecule has 8 heteroatoms. The Hall–Kier alpha value is -1.63. The highest BCUT2D eigenvalue weighted by Crippen LogP contribution is 2.03. The molecule has 0 aromatic carbocycles. The Bertz CT molecular complexity index is 315. The van der Waals surface area contributed by atoms with E-state index in [1.807, 2.05) is 0 Å². The van der Waals surface area contributed by atoms with Crippen molar-refractivity contribution in [2.45, 2.75) is 18.9 Å². The summed E-state index contributed by atoms with van der Waals surface area (Å²) in [5.41, 5.74) is 8.14.